The van der Waals surface area contributed by atoms with Crippen LogP contribution in [-0.2, 0) is 9.53 Å². The SMILES string of the molecule is COC(=O)NC(C(=O)N1CCCC1c1ncc(Br)[nH]1)C(C)C. The zero-order valence-corrected chi connectivity index (χ0v) is 14.5. The van der Waals surface area contributed by atoms with Crippen LogP contribution in [0.2, 0.25) is 0 Å². The second-order valence-electron chi connectivity index (χ2n) is 5.66. The minimum absolute atomic E-state index is 0.0313. The maximum absolute atomic E-state index is 12.8. The molecule has 0 bridgehead atoms. The molecule has 2 atom stereocenters. The number of aromatic nitrogens is 2. The van der Waals surface area contributed by atoms with Gasteiger partial charge in [-0.3, -0.25) is 4.79 Å². The van der Waals surface area contributed by atoms with Gasteiger partial charge in [-0.1, -0.05) is 13.8 Å². The third-order valence-corrected chi connectivity index (χ3v) is 4.21. The maximum Gasteiger partial charge on any atom is 0.407 e. The Hall–Kier alpha value is -1.57. The van der Waals surface area contributed by atoms with Gasteiger partial charge in [0.05, 0.1) is 19.3 Å². The summed E-state index contributed by atoms with van der Waals surface area (Å²) in [4.78, 5) is 33.5. The second-order valence-corrected chi connectivity index (χ2v) is 6.52. The summed E-state index contributed by atoms with van der Waals surface area (Å²) in [5.74, 6) is 0.630. The van der Waals surface area contributed by atoms with Crippen molar-refractivity contribution in [2.45, 2.75) is 38.8 Å². The van der Waals surface area contributed by atoms with Crippen molar-refractivity contribution in [3.05, 3.63) is 16.6 Å². The van der Waals surface area contributed by atoms with E-state index in [1.165, 1.54) is 7.11 Å². The van der Waals surface area contributed by atoms with E-state index in [1.54, 1.807) is 11.1 Å². The number of aromatic amines is 1. The van der Waals surface area contributed by atoms with Crippen molar-refractivity contribution >= 4 is 27.9 Å². The predicted octanol–water partition coefficient (Wildman–Crippen LogP) is 2.22. The quantitative estimate of drug-likeness (QED) is 0.847. The van der Waals surface area contributed by atoms with E-state index in [0.29, 0.717) is 6.54 Å². The van der Waals surface area contributed by atoms with Crippen molar-refractivity contribution in [3.8, 4) is 0 Å². The van der Waals surface area contributed by atoms with Gasteiger partial charge in [-0.05, 0) is 34.7 Å². The summed E-state index contributed by atoms with van der Waals surface area (Å²) in [7, 11) is 1.29. The van der Waals surface area contributed by atoms with Gasteiger partial charge in [0.15, 0.2) is 0 Å². The minimum Gasteiger partial charge on any atom is -0.453 e. The molecule has 1 fully saturated rings. The summed E-state index contributed by atoms with van der Waals surface area (Å²) < 4.78 is 5.40. The number of halogens is 1. The molecule has 2 rings (SSSR count). The summed E-state index contributed by atoms with van der Waals surface area (Å²) >= 11 is 3.34. The lowest BCUT2D eigenvalue weighted by Crippen LogP contribution is -2.51. The fourth-order valence-corrected chi connectivity index (χ4v) is 2.98. The molecule has 0 spiro atoms. The predicted molar refractivity (Wildman–Crippen MR) is 84.1 cm³/mol. The fourth-order valence-electron chi connectivity index (χ4n) is 2.68. The van der Waals surface area contributed by atoms with E-state index in [9.17, 15) is 9.59 Å². The van der Waals surface area contributed by atoms with Crippen LogP contribution in [0.3, 0.4) is 0 Å². The third-order valence-electron chi connectivity index (χ3n) is 3.81. The van der Waals surface area contributed by atoms with Crippen LogP contribution in [0.25, 0.3) is 0 Å². The lowest BCUT2D eigenvalue weighted by molar-refractivity contribution is -0.135. The first-order valence-electron chi connectivity index (χ1n) is 7.29. The van der Waals surface area contributed by atoms with Gasteiger partial charge in [-0.25, -0.2) is 9.78 Å². The van der Waals surface area contributed by atoms with Gasteiger partial charge < -0.3 is 19.9 Å². The molecule has 0 aliphatic carbocycles. The lowest BCUT2D eigenvalue weighted by atomic mass is 10.0. The number of rotatable bonds is 4. The number of H-pyrrole nitrogens is 1. The zero-order chi connectivity index (χ0) is 16.3. The molecule has 1 aromatic rings. The molecular weight excluding hydrogens is 352 g/mol. The molecular formula is C14H21BrN4O3. The molecule has 1 aromatic heterocycles. The van der Waals surface area contributed by atoms with Crippen molar-refractivity contribution in [2.24, 2.45) is 5.92 Å². The molecule has 1 aliphatic heterocycles. The van der Waals surface area contributed by atoms with Crippen molar-refractivity contribution < 1.29 is 14.3 Å². The number of nitrogens with zero attached hydrogens (tertiary/aromatic N) is 2. The smallest absolute Gasteiger partial charge is 0.407 e. The number of alkyl carbamates (subject to hydrolysis) is 1. The van der Waals surface area contributed by atoms with Crippen molar-refractivity contribution in [1.29, 1.82) is 0 Å². The third kappa shape index (κ3) is 3.60. The number of imidazole rings is 1. The molecule has 7 nitrogen and oxygen atoms in total. The topological polar surface area (TPSA) is 87.3 Å². The number of methoxy groups -OCH3 is 1. The number of carbonyl (C=O) groups is 2. The van der Waals surface area contributed by atoms with E-state index in [-0.39, 0.29) is 17.9 Å². The number of hydrogen-bond donors (Lipinski definition) is 2. The van der Waals surface area contributed by atoms with Crippen molar-refractivity contribution in [2.75, 3.05) is 13.7 Å². The van der Waals surface area contributed by atoms with Gasteiger partial charge in [0, 0.05) is 6.54 Å². The normalized spacial score (nSPS) is 19.3. The van der Waals surface area contributed by atoms with Crippen molar-refractivity contribution in [3.63, 3.8) is 0 Å². The highest BCUT2D eigenvalue weighted by Gasteiger charge is 2.37. The first kappa shape index (κ1) is 16.8. The van der Waals surface area contributed by atoms with Gasteiger partial charge in [0.1, 0.15) is 16.5 Å². The highest BCUT2D eigenvalue weighted by Crippen LogP contribution is 2.31. The minimum atomic E-state index is -0.605. The standard InChI is InChI=1S/C14H21BrN4O3/c1-8(2)11(18-14(21)22-3)13(20)19-6-4-5-9(19)12-16-7-10(15)17-12/h7-9,11H,4-6H2,1-3H3,(H,16,17)(H,18,21). The molecule has 0 radical (unpaired) electrons. The van der Waals surface area contributed by atoms with Crippen LogP contribution >= 0.6 is 15.9 Å². The van der Waals surface area contributed by atoms with Crippen LogP contribution in [0.5, 0.6) is 0 Å². The summed E-state index contributed by atoms with van der Waals surface area (Å²) in [6.07, 6.45) is 2.86. The fraction of sp³-hybridized carbons (Fsp3) is 0.643. The summed E-state index contributed by atoms with van der Waals surface area (Å²) in [5.41, 5.74) is 0. The van der Waals surface area contributed by atoms with E-state index < -0.39 is 12.1 Å². The van der Waals surface area contributed by atoms with Crippen molar-refractivity contribution in [1.82, 2.24) is 20.2 Å². The Morgan fingerprint density at radius 3 is 2.82 bits per heavy atom. The Morgan fingerprint density at radius 2 is 2.27 bits per heavy atom. The molecule has 1 aliphatic rings. The van der Waals surface area contributed by atoms with E-state index in [2.05, 4.69) is 36.0 Å². The molecule has 2 N–H and O–H groups in total. The Morgan fingerprint density at radius 1 is 1.55 bits per heavy atom. The van der Waals surface area contributed by atoms with E-state index >= 15 is 0 Å². The van der Waals surface area contributed by atoms with Gasteiger partial charge in [0.25, 0.3) is 0 Å². The van der Waals surface area contributed by atoms with Crippen LogP contribution in [0.1, 0.15) is 38.6 Å². The average molecular weight is 373 g/mol. The molecule has 2 amide bonds. The number of likely N-dealkylation sites (tertiary alicyclic amines) is 1. The summed E-state index contributed by atoms with van der Waals surface area (Å²) in [5, 5.41) is 2.63. The Bertz CT molecular complexity index is 546. The molecule has 1 saturated heterocycles. The summed E-state index contributed by atoms with van der Waals surface area (Å²) in [6, 6.07) is -0.689. The molecule has 8 heteroatoms. The van der Waals surface area contributed by atoms with Gasteiger partial charge >= 0.3 is 6.09 Å². The van der Waals surface area contributed by atoms with Crippen LogP contribution in [0, 0.1) is 5.92 Å². The van der Waals surface area contributed by atoms with Gasteiger partial charge in [-0.2, -0.15) is 0 Å². The number of nitrogens with one attached hydrogen (secondary N) is 2. The van der Waals surface area contributed by atoms with Crippen LogP contribution in [-0.4, -0.2) is 46.6 Å². The Kier molecular flexibility index (Phi) is 5.44. The summed E-state index contributed by atoms with van der Waals surface area (Å²) in [6.45, 7) is 4.45. The Labute approximate surface area is 137 Å². The number of hydrogen-bond acceptors (Lipinski definition) is 4. The zero-order valence-electron chi connectivity index (χ0n) is 12.9. The average Bonchev–Trinajstić information content (AvgIpc) is 3.11. The first-order valence-corrected chi connectivity index (χ1v) is 8.08. The molecule has 0 saturated carbocycles. The molecule has 2 unspecified atom stereocenters. The van der Waals surface area contributed by atoms with Crippen LogP contribution < -0.4 is 5.32 Å². The monoisotopic (exact) mass is 372 g/mol. The van der Waals surface area contributed by atoms with Crippen LogP contribution in [0.15, 0.2) is 10.8 Å². The molecule has 2 heterocycles. The van der Waals surface area contributed by atoms with E-state index in [0.717, 1.165) is 23.3 Å². The van der Waals surface area contributed by atoms with Gasteiger partial charge in [-0.15, -0.1) is 0 Å². The second kappa shape index (κ2) is 7.13. The number of carbonyl (C=O) groups excluding carboxylic acids is 2. The molecule has 22 heavy (non-hydrogen) atoms. The van der Waals surface area contributed by atoms with E-state index in [1.807, 2.05) is 13.8 Å². The van der Waals surface area contributed by atoms with Crippen LogP contribution in [0.4, 0.5) is 4.79 Å². The largest absolute Gasteiger partial charge is 0.453 e. The number of amides is 2. The lowest BCUT2D eigenvalue weighted by Gasteiger charge is -2.29. The van der Waals surface area contributed by atoms with E-state index in [4.69, 9.17) is 0 Å². The highest BCUT2D eigenvalue weighted by atomic mass is 79.9. The van der Waals surface area contributed by atoms with Gasteiger partial charge in [0.2, 0.25) is 5.91 Å². The maximum atomic E-state index is 12.8. The molecule has 0 aromatic carbocycles. The molecule has 122 valence electrons. The Balaban J connectivity index is 2.16. The first-order chi connectivity index (χ1) is 10.4. The highest BCUT2D eigenvalue weighted by molar-refractivity contribution is 9.10. The number of ether oxygens (including phenoxy) is 1.